The summed E-state index contributed by atoms with van der Waals surface area (Å²) in [4.78, 5) is 54.3. The van der Waals surface area contributed by atoms with Crippen LogP contribution in [0, 0.1) is 23.6 Å². The van der Waals surface area contributed by atoms with E-state index in [1.54, 1.807) is 30.9 Å². The molecule has 37 heavy (non-hydrogen) atoms. The predicted molar refractivity (Wildman–Crippen MR) is 127 cm³/mol. The summed E-state index contributed by atoms with van der Waals surface area (Å²) in [5.74, 6) is -8.60. The Balaban J connectivity index is 1.69. The summed E-state index contributed by atoms with van der Waals surface area (Å²) >= 11 is 0. The van der Waals surface area contributed by atoms with Gasteiger partial charge in [-0.1, -0.05) is 0 Å². The zero-order chi connectivity index (χ0) is 27.1. The van der Waals surface area contributed by atoms with Crippen LogP contribution in [0.15, 0.2) is 22.7 Å². The van der Waals surface area contributed by atoms with Gasteiger partial charge in [-0.25, -0.2) is 4.39 Å². The lowest BCUT2D eigenvalue weighted by Gasteiger charge is -2.46. The Kier molecular flexibility index (Phi) is 5.64. The number of fused-ring (bicyclic) bond motifs is 4. The Morgan fingerprint density at radius 1 is 1.11 bits per heavy atom. The standard InChI is InChI=1S/C25H27FN4O7/c1-29(2)19-10-5-8-4-9-14(23(35)18-11(17(9)26)6-30(3)7-12(31)28-18)20(32)13(8)21(33)15(10)22(34)16(24(19)36)25(27)37/h8,10,15,19,33,35-36H,4-7H2,1-3H3,(H2,27,37)(H,28,31)/t8-,10+,15?,19-/m0/s1. The van der Waals surface area contributed by atoms with Crippen LogP contribution >= 0.6 is 0 Å². The van der Waals surface area contributed by atoms with E-state index in [4.69, 9.17) is 5.73 Å². The Morgan fingerprint density at radius 3 is 2.41 bits per heavy atom. The number of halogens is 1. The molecule has 6 N–H and O–H groups in total. The lowest BCUT2D eigenvalue weighted by atomic mass is 9.61. The van der Waals surface area contributed by atoms with Crippen molar-refractivity contribution >= 4 is 29.1 Å². The van der Waals surface area contributed by atoms with Crippen LogP contribution in [0.1, 0.15) is 27.9 Å². The van der Waals surface area contributed by atoms with Gasteiger partial charge in [-0.05, 0) is 45.8 Å². The highest BCUT2D eigenvalue weighted by Gasteiger charge is 2.54. The van der Waals surface area contributed by atoms with Crippen molar-refractivity contribution in [1.29, 1.82) is 0 Å². The molecule has 0 spiro atoms. The van der Waals surface area contributed by atoms with E-state index in [1.807, 2.05) is 0 Å². The number of aliphatic hydroxyl groups excluding tert-OH is 2. The molecule has 1 aliphatic heterocycles. The fourth-order valence-electron chi connectivity index (χ4n) is 6.45. The molecule has 5 rings (SSSR count). The van der Waals surface area contributed by atoms with Crippen LogP contribution in [-0.2, 0) is 27.3 Å². The van der Waals surface area contributed by atoms with Gasteiger partial charge in [-0.15, -0.1) is 0 Å². The second-order valence-corrected chi connectivity index (χ2v) is 10.4. The number of rotatable bonds is 2. The lowest BCUT2D eigenvalue weighted by Crippen LogP contribution is -2.53. The number of hydrogen-bond donors (Lipinski definition) is 5. The first-order valence-electron chi connectivity index (χ1n) is 11.8. The molecule has 0 bridgehead atoms. The van der Waals surface area contributed by atoms with Crippen LogP contribution in [0.3, 0.4) is 0 Å². The normalized spacial score (nSPS) is 27.9. The Labute approximate surface area is 211 Å². The van der Waals surface area contributed by atoms with Crippen LogP contribution < -0.4 is 11.1 Å². The van der Waals surface area contributed by atoms with E-state index in [0.29, 0.717) is 0 Å². The molecule has 196 valence electrons. The summed E-state index contributed by atoms with van der Waals surface area (Å²) in [6.45, 7) is -0.0269. The molecule has 11 nitrogen and oxygen atoms in total. The van der Waals surface area contributed by atoms with Crippen molar-refractivity contribution in [3.8, 4) is 5.75 Å². The van der Waals surface area contributed by atoms with Crippen LogP contribution in [0.25, 0.3) is 0 Å². The number of ketones is 2. The number of nitrogens with one attached hydrogen (secondary N) is 1. The van der Waals surface area contributed by atoms with Gasteiger partial charge in [-0.2, -0.15) is 0 Å². The molecule has 0 aromatic heterocycles. The minimum Gasteiger partial charge on any atom is -0.511 e. The van der Waals surface area contributed by atoms with Gasteiger partial charge in [-0.3, -0.25) is 29.0 Å². The van der Waals surface area contributed by atoms with E-state index in [9.17, 15) is 34.5 Å². The molecule has 3 aliphatic carbocycles. The van der Waals surface area contributed by atoms with Gasteiger partial charge in [0.05, 0.1) is 29.8 Å². The van der Waals surface area contributed by atoms with Crippen LogP contribution in [0.5, 0.6) is 5.75 Å². The van der Waals surface area contributed by atoms with E-state index in [-0.39, 0.29) is 53.9 Å². The molecule has 0 radical (unpaired) electrons. The predicted octanol–water partition coefficient (Wildman–Crippen LogP) is 0.529. The maximum Gasteiger partial charge on any atom is 0.255 e. The summed E-state index contributed by atoms with van der Waals surface area (Å²) in [6, 6.07) is -0.862. The summed E-state index contributed by atoms with van der Waals surface area (Å²) in [5, 5.41) is 35.6. The number of nitrogens with two attached hydrogens (primary N) is 1. The zero-order valence-electron chi connectivity index (χ0n) is 20.5. The highest BCUT2D eigenvalue weighted by molar-refractivity contribution is 6.22. The molecule has 12 heteroatoms. The van der Waals surface area contributed by atoms with Crippen molar-refractivity contribution in [2.45, 2.75) is 25.4 Å². The number of anilines is 1. The maximum absolute atomic E-state index is 15.8. The molecular formula is C25H27FN4O7. The number of carbonyl (C=O) groups excluding carboxylic acids is 4. The van der Waals surface area contributed by atoms with Crippen LogP contribution in [0.2, 0.25) is 0 Å². The van der Waals surface area contributed by atoms with E-state index in [0.717, 1.165) is 0 Å². The van der Waals surface area contributed by atoms with Crippen LogP contribution in [-0.4, -0.2) is 82.2 Å². The van der Waals surface area contributed by atoms with Crippen molar-refractivity contribution in [3.05, 3.63) is 45.2 Å². The van der Waals surface area contributed by atoms with Crippen molar-refractivity contribution in [1.82, 2.24) is 9.80 Å². The monoisotopic (exact) mass is 514 g/mol. The second kappa shape index (κ2) is 8.38. The average Bonchev–Trinajstić information content (AvgIpc) is 2.93. The molecule has 0 fully saturated rings. The van der Waals surface area contributed by atoms with E-state index >= 15 is 4.39 Å². The number of phenolic OH excluding ortho intramolecular Hbond substituents is 1. The highest BCUT2D eigenvalue weighted by atomic mass is 19.1. The van der Waals surface area contributed by atoms with E-state index < -0.39 is 75.8 Å². The van der Waals surface area contributed by atoms with Gasteiger partial charge in [0.15, 0.2) is 17.3 Å². The number of likely N-dealkylation sites (N-methyl/N-ethyl adjacent to an activating group) is 2. The third-order valence-electron chi connectivity index (χ3n) is 7.87. The first-order chi connectivity index (χ1) is 17.3. The molecule has 1 heterocycles. The molecular weight excluding hydrogens is 487 g/mol. The third-order valence-corrected chi connectivity index (χ3v) is 7.87. The molecule has 4 atom stereocenters. The third kappa shape index (κ3) is 3.46. The molecule has 1 aromatic carbocycles. The first-order valence-corrected chi connectivity index (χ1v) is 11.8. The Morgan fingerprint density at radius 2 is 1.78 bits per heavy atom. The zero-order valence-corrected chi connectivity index (χ0v) is 20.5. The number of carbonyl (C=O) groups is 4. The van der Waals surface area contributed by atoms with Crippen molar-refractivity contribution in [2.75, 3.05) is 33.0 Å². The number of Topliss-reactive ketones (excluding diaryl/α,β-unsaturated/α-hetero) is 2. The fraction of sp³-hybridized carbons (Fsp3) is 0.440. The summed E-state index contributed by atoms with van der Waals surface area (Å²) in [5.41, 5.74) is 4.01. The number of hydrogen-bond acceptors (Lipinski definition) is 9. The number of allylic oxidation sites excluding steroid dienone is 2. The maximum atomic E-state index is 15.8. The van der Waals surface area contributed by atoms with Crippen molar-refractivity contribution in [2.24, 2.45) is 23.5 Å². The van der Waals surface area contributed by atoms with E-state index in [1.165, 1.54) is 0 Å². The molecule has 1 unspecified atom stereocenters. The number of aliphatic hydroxyl groups is 2. The average molecular weight is 515 g/mol. The quantitative estimate of drug-likeness (QED) is 0.279. The number of phenols is 1. The molecule has 1 aromatic rings. The SMILES string of the molecule is CN1CC(=O)Nc2c(O)c3c(c(F)c2C1)C[C@H]1C[C@@H]2C(C(=O)C(C(N)=O)=C(O)[C@H]2N(C)C)C(O)=C1C3=O. The minimum atomic E-state index is -1.33. The molecule has 2 amide bonds. The van der Waals surface area contributed by atoms with Crippen LogP contribution in [0.4, 0.5) is 10.1 Å². The second-order valence-electron chi connectivity index (χ2n) is 10.4. The van der Waals surface area contributed by atoms with E-state index in [2.05, 4.69) is 5.32 Å². The number of primary amides is 1. The smallest absolute Gasteiger partial charge is 0.255 e. The lowest BCUT2D eigenvalue weighted by molar-refractivity contribution is -0.127. The van der Waals surface area contributed by atoms with Gasteiger partial charge in [0, 0.05) is 23.2 Å². The Hall–Kier alpha value is -3.77. The van der Waals surface area contributed by atoms with Gasteiger partial charge < -0.3 is 26.4 Å². The number of aromatic hydroxyl groups is 1. The van der Waals surface area contributed by atoms with Crippen molar-refractivity contribution < 1.29 is 38.9 Å². The summed E-state index contributed by atoms with van der Waals surface area (Å²) < 4.78 is 15.8. The molecule has 4 aliphatic rings. The number of nitrogens with zero attached hydrogens (tertiary/aromatic N) is 2. The fourth-order valence-corrected chi connectivity index (χ4v) is 6.45. The minimum absolute atomic E-state index is 0.0179. The van der Waals surface area contributed by atoms with Gasteiger partial charge in [0.25, 0.3) is 5.91 Å². The Bertz CT molecular complexity index is 1370. The van der Waals surface area contributed by atoms with Gasteiger partial charge >= 0.3 is 0 Å². The molecule has 0 saturated carbocycles. The summed E-state index contributed by atoms with van der Waals surface area (Å²) in [7, 11) is 4.88. The van der Waals surface area contributed by atoms with Gasteiger partial charge in [0.1, 0.15) is 22.9 Å². The molecule has 0 saturated heterocycles. The largest absolute Gasteiger partial charge is 0.511 e. The summed E-state index contributed by atoms with van der Waals surface area (Å²) in [6.07, 6.45) is 0.0589. The highest BCUT2D eigenvalue weighted by Crippen LogP contribution is 2.52. The number of benzene rings is 1. The van der Waals surface area contributed by atoms with Gasteiger partial charge in [0.2, 0.25) is 5.91 Å². The first kappa shape index (κ1) is 24.9. The topological polar surface area (TPSA) is 174 Å². The van der Waals surface area contributed by atoms with Crippen molar-refractivity contribution in [3.63, 3.8) is 0 Å². The number of amides is 2.